The van der Waals surface area contributed by atoms with Crippen molar-refractivity contribution in [3.8, 4) is 17.6 Å². The number of hydrogen-bond donors (Lipinski definition) is 1. The minimum absolute atomic E-state index is 0.285. The van der Waals surface area contributed by atoms with Crippen molar-refractivity contribution in [2.75, 3.05) is 19.5 Å². The number of aromatic nitrogens is 1. The molecule has 1 aliphatic rings. The zero-order valence-electron chi connectivity index (χ0n) is 14.7. The van der Waals surface area contributed by atoms with Crippen LogP contribution in [0.25, 0.3) is 10.9 Å². The lowest BCUT2D eigenvalue weighted by Gasteiger charge is -2.14. The fraction of sp³-hybridized carbons (Fsp3) is 0.150. The van der Waals surface area contributed by atoms with Gasteiger partial charge in [0.25, 0.3) is 0 Å². The first-order chi connectivity index (χ1) is 13.1. The molecule has 0 atom stereocenters. The van der Waals surface area contributed by atoms with Crippen LogP contribution in [-0.2, 0) is 11.3 Å². The molecule has 3 aromatic rings. The number of nitriles is 1. The number of ether oxygens (including phenoxy) is 3. The van der Waals surface area contributed by atoms with Crippen molar-refractivity contribution in [2.24, 2.45) is 0 Å². The molecule has 7 nitrogen and oxygen atoms in total. The van der Waals surface area contributed by atoms with Crippen molar-refractivity contribution in [3.05, 3.63) is 53.2 Å². The minimum Gasteiger partial charge on any atom is -0.493 e. The van der Waals surface area contributed by atoms with Crippen LogP contribution in [0.3, 0.4) is 0 Å². The Morgan fingerprint density at radius 2 is 1.96 bits per heavy atom. The number of carbonyl (C=O) groups excluding carboxylic acids is 1. The SMILES string of the molecule is COc1cc2ncc(C#N)c(Nc3ccc4c(c3)C(=O)OC4)c2cc1OC. The highest BCUT2D eigenvalue weighted by atomic mass is 16.5. The maximum absolute atomic E-state index is 11.8. The summed E-state index contributed by atoms with van der Waals surface area (Å²) in [5.41, 5.74) is 3.64. The van der Waals surface area contributed by atoms with E-state index in [1.807, 2.05) is 12.1 Å². The Labute approximate surface area is 155 Å². The molecule has 1 aromatic heterocycles. The molecule has 1 N–H and O–H groups in total. The van der Waals surface area contributed by atoms with E-state index in [2.05, 4.69) is 16.4 Å². The van der Waals surface area contributed by atoms with E-state index in [0.717, 1.165) is 5.56 Å². The average molecular weight is 361 g/mol. The number of anilines is 2. The Morgan fingerprint density at radius 1 is 1.19 bits per heavy atom. The van der Waals surface area contributed by atoms with Gasteiger partial charge >= 0.3 is 5.97 Å². The minimum atomic E-state index is -0.347. The normalized spacial score (nSPS) is 12.3. The molecule has 0 saturated carbocycles. The molecule has 0 fully saturated rings. The number of benzene rings is 2. The number of pyridine rings is 1. The van der Waals surface area contributed by atoms with Gasteiger partial charge < -0.3 is 19.5 Å². The van der Waals surface area contributed by atoms with Crippen molar-refractivity contribution in [2.45, 2.75) is 6.61 Å². The molecule has 7 heteroatoms. The molecule has 0 bridgehead atoms. The summed E-state index contributed by atoms with van der Waals surface area (Å²) in [5.74, 6) is 0.732. The predicted molar refractivity (Wildman–Crippen MR) is 98.4 cm³/mol. The van der Waals surface area contributed by atoms with Gasteiger partial charge in [-0.15, -0.1) is 0 Å². The van der Waals surface area contributed by atoms with E-state index in [4.69, 9.17) is 14.2 Å². The lowest BCUT2D eigenvalue weighted by molar-refractivity contribution is 0.0535. The first kappa shape index (κ1) is 16.7. The lowest BCUT2D eigenvalue weighted by atomic mass is 10.1. The predicted octanol–water partition coefficient (Wildman–Crippen LogP) is 3.54. The van der Waals surface area contributed by atoms with E-state index >= 15 is 0 Å². The molecule has 2 aromatic carbocycles. The highest BCUT2D eigenvalue weighted by Gasteiger charge is 2.21. The number of fused-ring (bicyclic) bond motifs is 2. The molecule has 0 unspecified atom stereocenters. The molecular formula is C20H15N3O4. The van der Waals surface area contributed by atoms with Gasteiger partial charge in [0.1, 0.15) is 12.7 Å². The molecule has 2 heterocycles. The Kier molecular flexibility index (Phi) is 4.01. The molecule has 0 amide bonds. The smallest absolute Gasteiger partial charge is 0.338 e. The molecule has 0 aliphatic carbocycles. The van der Waals surface area contributed by atoms with Crippen LogP contribution >= 0.6 is 0 Å². The fourth-order valence-corrected chi connectivity index (χ4v) is 3.07. The van der Waals surface area contributed by atoms with Crippen molar-refractivity contribution in [1.82, 2.24) is 4.98 Å². The van der Waals surface area contributed by atoms with Crippen LogP contribution in [-0.4, -0.2) is 25.2 Å². The second-order valence-corrected chi connectivity index (χ2v) is 5.96. The number of carbonyl (C=O) groups is 1. The molecular weight excluding hydrogens is 346 g/mol. The summed E-state index contributed by atoms with van der Waals surface area (Å²) in [4.78, 5) is 16.2. The van der Waals surface area contributed by atoms with Crippen LogP contribution in [0.1, 0.15) is 21.5 Å². The van der Waals surface area contributed by atoms with Crippen molar-refractivity contribution < 1.29 is 19.0 Å². The highest BCUT2D eigenvalue weighted by Crippen LogP contribution is 2.37. The van der Waals surface area contributed by atoms with Gasteiger partial charge in [-0.2, -0.15) is 5.26 Å². The molecule has 0 spiro atoms. The third-order valence-corrected chi connectivity index (χ3v) is 4.45. The zero-order valence-corrected chi connectivity index (χ0v) is 14.7. The Hall–Kier alpha value is -3.79. The van der Waals surface area contributed by atoms with Crippen LogP contribution in [0.4, 0.5) is 11.4 Å². The van der Waals surface area contributed by atoms with Gasteiger partial charge in [-0.1, -0.05) is 6.07 Å². The number of nitrogens with one attached hydrogen (secondary N) is 1. The molecule has 1 aliphatic heterocycles. The van der Waals surface area contributed by atoms with Gasteiger partial charge in [0.15, 0.2) is 11.5 Å². The molecule has 0 saturated heterocycles. The van der Waals surface area contributed by atoms with Gasteiger partial charge in [-0.05, 0) is 18.2 Å². The summed E-state index contributed by atoms with van der Waals surface area (Å²) in [6.45, 7) is 0.285. The first-order valence-electron chi connectivity index (χ1n) is 8.16. The van der Waals surface area contributed by atoms with Gasteiger partial charge in [0.05, 0.1) is 36.6 Å². The van der Waals surface area contributed by atoms with Crippen molar-refractivity contribution in [3.63, 3.8) is 0 Å². The van der Waals surface area contributed by atoms with Crippen LogP contribution in [0.15, 0.2) is 36.5 Å². The van der Waals surface area contributed by atoms with Gasteiger partial charge in [-0.3, -0.25) is 4.98 Å². The molecule has 27 heavy (non-hydrogen) atoms. The summed E-state index contributed by atoms with van der Waals surface area (Å²) < 4.78 is 15.7. The quantitative estimate of drug-likeness (QED) is 0.710. The Balaban J connectivity index is 1.86. The summed E-state index contributed by atoms with van der Waals surface area (Å²) in [6.07, 6.45) is 1.50. The number of cyclic esters (lactones) is 1. The second-order valence-electron chi connectivity index (χ2n) is 5.96. The summed E-state index contributed by atoms with van der Waals surface area (Å²) in [6, 6.07) is 11.1. The van der Waals surface area contributed by atoms with Crippen molar-refractivity contribution >= 4 is 28.2 Å². The zero-order chi connectivity index (χ0) is 19.0. The van der Waals surface area contributed by atoms with E-state index < -0.39 is 0 Å². The van der Waals surface area contributed by atoms with Gasteiger partial charge in [0.2, 0.25) is 0 Å². The average Bonchev–Trinajstić information content (AvgIpc) is 3.07. The largest absolute Gasteiger partial charge is 0.493 e. The Morgan fingerprint density at radius 3 is 2.70 bits per heavy atom. The molecule has 134 valence electrons. The maximum atomic E-state index is 11.8. The summed E-state index contributed by atoms with van der Waals surface area (Å²) in [7, 11) is 3.10. The van der Waals surface area contributed by atoms with E-state index in [1.54, 1.807) is 32.4 Å². The van der Waals surface area contributed by atoms with E-state index in [-0.39, 0.29) is 12.6 Å². The monoisotopic (exact) mass is 361 g/mol. The van der Waals surface area contributed by atoms with Crippen LogP contribution in [0, 0.1) is 11.3 Å². The summed E-state index contributed by atoms with van der Waals surface area (Å²) >= 11 is 0. The van der Waals surface area contributed by atoms with E-state index in [9.17, 15) is 10.1 Å². The third kappa shape index (κ3) is 2.77. The number of rotatable bonds is 4. The van der Waals surface area contributed by atoms with Crippen LogP contribution in [0.5, 0.6) is 11.5 Å². The third-order valence-electron chi connectivity index (χ3n) is 4.45. The topological polar surface area (TPSA) is 93.5 Å². The van der Waals surface area contributed by atoms with Gasteiger partial charge in [-0.25, -0.2) is 4.79 Å². The Bertz CT molecular complexity index is 1120. The number of methoxy groups -OCH3 is 2. The second kappa shape index (κ2) is 6.50. The highest BCUT2D eigenvalue weighted by molar-refractivity contribution is 5.99. The molecule has 4 rings (SSSR count). The number of nitrogens with zero attached hydrogens (tertiary/aromatic N) is 2. The number of esters is 1. The summed E-state index contributed by atoms with van der Waals surface area (Å²) in [5, 5.41) is 13.5. The fourth-order valence-electron chi connectivity index (χ4n) is 3.07. The van der Waals surface area contributed by atoms with Crippen molar-refractivity contribution in [1.29, 1.82) is 5.26 Å². The van der Waals surface area contributed by atoms with Gasteiger partial charge in [0, 0.05) is 28.9 Å². The van der Waals surface area contributed by atoms with E-state index in [1.165, 1.54) is 6.20 Å². The van der Waals surface area contributed by atoms with Crippen LogP contribution < -0.4 is 14.8 Å². The molecule has 0 radical (unpaired) electrons. The van der Waals surface area contributed by atoms with Crippen LogP contribution in [0.2, 0.25) is 0 Å². The number of hydrogen-bond acceptors (Lipinski definition) is 7. The first-order valence-corrected chi connectivity index (χ1v) is 8.16. The van der Waals surface area contributed by atoms with E-state index in [0.29, 0.717) is 44.9 Å². The lowest BCUT2D eigenvalue weighted by Crippen LogP contribution is -2.00. The maximum Gasteiger partial charge on any atom is 0.338 e. The standard InChI is InChI=1S/C20H15N3O4/c1-25-17-6-15-16(7-18(17)26-2)22-9-12(8-21)19(15)23-13-4-3-11-10-27-20(24)14(11)5-13/h3-7,9H,10H2,1-2H3,(H,22,23).